The Kier molecular flexibility index (Phi) is 4.90. The molecule has 2 amide bonds. The van der Waals surface area contributed by atoms with E-state index >= 15 is 0 Å². The van der Waals surface area contributed by atoms with Crippen molar-refractivity contribution in [3.63, 3.8) is 0 Å². The Balaban J connectivity index is 1.89. The van der Waals surface area contributed by atoms with Crippen LogP contribution >= 0.6 is 11.8 Å². The van der Waals surface area contributed by atoms with Crippen LogP contribution in [0.5, 0.6) is 0 Å². The molecule has 3 N–H and O–H groups in total. The number of para-hydroxylation sites is 1. The molecule has 114 valence electrons. The van der Waals surface area contributed by atoms with Gasteiger partial charge in [-0.05, 0) is 44.1 Å². The number of benzene rings is 1. The van der Waals surface area contributed by atoms with Gasteiger partial charge in [0.15, 0.2) is 0 Å². The molecule has 1 aromatic carbocycles. The lowest BCUT2D eigenvalue weighted by atomic mass is 10.0. The lowest BCUT2D eigenvalue weighted by Gasteiger charge is -2.23. The summed E-state index contributed by atoms with van der Waals surface area (Å²) in [7, 11) is 0. The molecule has 21 heavy (non-hydrogen) atoms. The summed E-state index contributed by atoms with van der Waals surface area (Å²) in [4.78, 5) is 24.6. The molecule has 1 saturated carbocycles. The Morgan fingerprint density at radius 1 is 1.33 bits per heavy atom. The number of nitrogens with one attached hydrogen (secondary N) is 2. The fourth-order valence-corrected chi connectivity index (χ4v) is 2.67. The van der Waals surface area contributed by atoms with Gasteiger partial charge in [-0.1, -0.05) is 12.1 Å². The Morgan fingerprint density at radius 2 is 2.00 bits per heavy atom. The number of hydrogen-bond acceptors (Lipinski definition) is 4. The van der Waals surface area contributed by atoms with Gasteiger partial charge in [-0.25, -0.2) is 0 Å². The highest BCUT2D eigenvalue weighted by Gasteiger charge is 2.40. The van der Waals surface area contributed by atoms with Gasteiger partial charge in [0.1, 0.15) is 0 Å². The second kappa shape index (κ2) is 6.49. The van der Waals surface area contributed by atoms with Gasteiger partial charge >= 0.3 is 11.8 Å². The van der Waals surface area contributed by atoms with Crippen LogP contribution in [-0.4, -0.2) is 35.3 Å². The third-order valence-corrected chi connectivity index (χ3v) is 4.42. The Bertz CT molecular complexity index is 541. The first kappa shape index (κ1) is 15.9. The van der Waals surface area contributed by atoms with Crippen molar-refractivity contribution >= 4 is 29.3 Å². The van der Waals surface area contributed by atoms with E-state index in [-0.39, 0.29) is 12.5 Å². The molecule has 1 atom stereocenters. The van der Waals surface area contributed by atoms with Crippen LogP contribution in [0.4, 0.5) is 5.69 Å². The number of amides is 2. The van der Waals surface area contributed by atoms with Crippen LogP contribution in [0.25, 0.3) is 0 Å². The van der Waals surface area contributed by atoms with Gasteiger partial charge in [-0.2, -0.15) is 0 Å². The molecule has 1 unspecified atom stereocenters. The summed E-state index contributed by atoms with van der Waals surface area (Å²) in [5.74, 6) is -1.23. The first-order valence-corrected chi connectivity index (χ1v) is 8.11. The molecule has 2 rings (SSSR count). The largest absolute Gasteiger partial charge is 0.388 e. The number of aliphatic hydroxyl groups is 1. The molecule has 1 aliphatic carbocycles. The van der Waals surface area contributed by atoms with Crippen molar-refractivity contribution in [3.8, 4) is 0 Å². The van der Waals surface area contributed by atoms with Gasteiger partial charge in [0, 0.05) is 11.4 Å². The summed E-state index contributed by atoms with van der Waals surface area (Å²) >= 11 is 1.49. The van der Waals surface area contributed by atoms with E-state index in [0.717, 1.165) is 17.7 Å². The second-order valence-electron chi connectivity index (χ2n) is 5.47. The number of hydrogen-bond donors (Lipinski definition) is 3. The van der Waals surface area contributed by atoms with E-state index in [1.54, 1.807) is 19.1 Å². The summed E-state index contributed by atoms with van der Waals surface area (Å²) in [6.07, 6.45) is 3.84. The molecular formula is C15H20N2O3S. The molecule has 1 aromatic rings. The molecule has 6 heteroatoms. The predicted octanol–water partition coefficient (Wildman–Crippen LogP) is 1.62. The molecular weight excluding hydrogens is 288 g/mol. The van der Waals surface area contributed by atoms with E-state index in [0.29, 0.717) is 5.69 Å². The zero-order valence-electron chi connectivity index (χ0n) is 12.2. The lowest BCUT2D eigenvalue weighted by molar-refractivity contribution is -0.136. The van der Waals surface area contributed by atoms with Crippen LogP contribution in [0.15, 0.2) is 29.2 Å². The van der Waals surface area contributed by atoms with Gasteiger partial charge < -0.3 is 15.7 Å². The first-order valence-electron chi connectivity index (χ1n) is 6.88. The number of carbonyl (C=O) groups is 2. The van der Waals surface area contributed by atoms with Crippen molar-refractivity contribution < 1.29 is 14.7 Å². The van der Waals surface area contributed by atoms with Crippen LogP contribution in [0.1, 0.15) is 19.8 Å². The first-order chi connectivity index (χ1) is 9.94. The fourth-order valence-electron chi connectivity index (χ4n) is 2.12. The highest BCUT2D eigenvalue weighted by molar-refractivity contribution is 7.98. The van der Waals surface area contributed by atoms with Gasteiger partial charge in [0.25, 0.3) is 0 Å². The maximum Gasteiger partial charge on any atom is 0.313 e. The minimum atomic E-state index is -0.937. The Labute approximate surface area is 128 Å². The summed E-state index contributed by atoms with van der Waals surface area (Å²) in [5.41, 5.74) is -0.327. The lowest BCUT2D eigenvalue weighted by Crippen LogP contribution is -2.45. The van der Waals surface area contributed by atoms with Crippen LogP contribution in [-0.2, 0) is 9.59 Å². The number of thioether (sulfide) groups is 1. The normalized spacial score (nSPS) is 16.9. The molecule has 0 radical (unpaired) electrons. The third-order valence-electron chi connectivity index (χ3n) is 3.63. The summed E-state index contributed by atoms with van der Waals surface area (Å²) in [6.45, 7) is 1.78. The van der Waals surface area contributed by atoms with Crippen molar-refractivity contribution in [2.75, 3.05) is 18.1 Å². The average molecular weight is 308 g/mol. The third kappa shape index (κ3) is 4.22. The monoisotopic (exact) mass is 308 g/mol. The summed E-state index contributed by atoms with van der Waals surface area (Å²) < 4.78 is 0. The molecule has 0 spiro atoms. The maximum atomic E-state index is 11.9. The zero-order valence-corrected chi connectivity index (χ0v) is 13.0. The van der Waals surface area contributed by atoms with Crippen LogP contribution in [0.2, 0.25) is 0 Å². The van der Waals surface area contributed by atoms with E-state index in [9.17, 15) is 14.7 Å². The molecule has 0 saturated heterocycles. The van der Waals surface area contributed by atoms with E-state index in [2.05, 4.69) is 10.6 Å². The Hall–Kier alpha value is -1.53. The number of rotatable bonds is 5. The topological polar surface area (TPSA) is 78.4 Å². The molecule has 0 bridgehead atoms. The molecule has 0 heterocycles. The van der Waals surface area contributed by atoms with E-state index in [1.165, 1.54) is 11.8 Å². The SMILES string of the molecule is CSc1ccccc1NC(=O)C(=O)NCC(C)(O)C1CC1. The van der Waals surface area contributed by atoms with Gasteiger partial charge in [0.05, 0.1) is 11.3 Å². The van der Waals surface area contributed by atoms with Crippen molar-refractivity contribution in [3.05, 3.63) is 24.3 Å². The second-order valence-corrected chi connectivity index (χ2v) is 6.32. The average Bonchev–Trinajstić information content (AvgIpc) is 3.30. The van der Waals surface area contributed by atoms with Crippen molar-refractivity contribution in [2.24, 2.45) is 5.92 Å². The van der Waals surface area contributed by atoms with Gasteiger partial charge in [0.2, 0.25) is 0 Å². The standard InChI is InChI=1S/C15H20N2O3S/c1-15(20,10-7-8-10)9-16-13(18)14(19)17-11-5-3-4-6-12(11)21-2/h3-6,10,20H,7-9H2,1-2H3,(H,16,18)(H,17,19). The maximum absolute atomic E-state index is 11.9. The predicted molar refractivity (Wildman–Crippen MR) is 83.2 cm³/mol. The molecule has 1 aliphatic rings. The van der Waals surface area contributed by atoms with E-state index < -0.39 is 17.4 Å². The smallest absolute Gasteiger partial charge is 0.313 e. The highest BCUT2D eigenvalue weighted by Crippen LogP contribution is 2.38. The van der Waals surface area contributed by atoms with E-state index in [4.69, 9.17) is 0 Å². The molecule has 0 aliphatic heterocycles. The van der Waals surface area contributed by atoms with Crippen LogP contribution in [0, 0.1) is 5.92 Å². The zero-order chi connectivity index (χ0) is 15.5. The fraction of sp³-hybridized carbons (Fsp3) is 0.467. The minimum Gasteiger partial charge on any atom is -0.388 e. The van der Waals surface area contributed by atoms with E-state index in [1.807, 2.05) is 18.4 Å². The summed E-state index contributed by atoms with van der Waals surface area (Å²) in [6, 6.07) is 7.28. The minimum absolute atomic E-state index is 0.0914. The van der Waals surface area contributed by atoms with Gasteiger partial charge in [-0.15, -0.1) is 11.8 Å². The van der Waals surface area contributed by atoms with Crippen molar-refractivity contribution in [1.82, 2.24) is 5.32 Å². The summed E-state index contributed by atoms with van der Waals surface area (Å²) in [5, 5.41) is 15.2. The Morgan fingerprint density at radius 3 is 2.62 bits per heavy atom. The van der Waals surface area contributed by atoms with Gasteiger partial charge in [-0.3, -0.25) is 9.59 Å². The molecule has 5 nitrogen and oxygen atoms in total. The van der Waals surface area contributed by atoms with Crippen molar-refractivity contribution in [1.29, 1.82) is 0 Å². The van der Waals surface area contributed by atoms with Crippen LogP contribution in [0.3, 0.4) is 0 Å². The quantitative estimate of drug-likeness (QED) is 0.570. The van der Waals surface area contributed by atoms with Crippen molar-refractivity contribution in [2.45, 2.75) is 30.3 Å². The highest BCUT2D eigenvalue weighted by atomic mass is 32.2. The number of anilines is 1. The molecule has 0 aromatic heterocycles. The molecule has 1 fully saturated rings. The number of carbonyl (C=O) groups excluding carboxylic acids is 2. The van der Waals surface area contributed by atoms with Crippen LogP contribution < -0.4 is 10.6 Å².